The molecule has 0 radical (unpaired) electrons. The highest BCUT2D eigenvalue weighted by atomic mass is 16.6. The van der Waals surface area contributed by atoms with Gasteiger partial charge in [0.15, 0.2) is 11.5 Å². The van der Waals surface area contributed by atoms with Crippen LogP contribution in [0.25, 0.3) is 5.57 Å². The fraction of sp³-hybridized carbons (Fsp3) is 0.333. The maximum absolute atomic E-state index is 10.5. The topological polar surface area (TPSA) is 70.8 Å². The second-order valence-electron chi connectivity index (χ2n) is 3.51. The number of ether oxygens (including phenoxy) is 3. The van der Waals surface area contributed by atoms with Gasteiger partial charge in [-0.05, 0) is 24.6 Å². The molecular formula is C12H15NO5. The summed E-state index contributed by atoms with van der Waals surface area (Å²) in [6, 6.07) is 3.33. The molecule has 0 aliphatic rings. The third kappa shape index (κ3) is 2.91. The van der Waals surface area contributed by atoms with E-state index in [-0.39, 0.29) is 0 Å². The van der Waals surface area contributed by atoms with E-state index >= 15 is 0 Å². The van der Waals surface area contributed by atoms with Crippen molar-refractivity contribution in [1.29, 1.82) is 0 Å². The number of hydrogen-bond acceptors (Lipinski definition) is 5. The molecule has 0 saturated carbocycles. The summed E-state index contributed by atoms with van der Waals surface area (Å²) < 4.78 is 15.5. The summed E-state index contributed by atoms with van der Waals surface area (Å²) >= 11 is 0. The van der Waals surface area contributed by atoms with Crippen LogP contribution in [0.15, 0.2) is 18.3 Å². The van der Waals surface area contributed by atoms with E-state index in [1.807, 2.05) is 0 Å². The van der Waals surface area contributed by atoms with Crippen molar-refractivity contribution in [3.63, 3.8) is 0 Å². The van der Waals surface area contributed by atoms with E-state index in [1.54, 1.807) is 19.1 Å². The lowest BCUT2D eigenvalue weighted by atomic mass is 10.1. The molecular weight excluding hydrogens is 238 g/mol. The number of hydrogen-bond donors (Lipinski definition) is 0. The first-order valence-corrected chi connectivity index (χ1v) is 5.15. The Morgan fingerprint density at radius 3 is 2.00 bits per heavy atom. The van der Waals surface area contributed by atoms with Crippen molar-refractivity contribution in [2.24, 2.45) is 0 Å². The monoisotopic (exact) mass is 253 g/mol. The summed E-state index contributed by atoms with van der Waals surface area (Å²) in [5.74, 6) is 1.38. The van der Waals surface area contributed by atoms with E-state index in [1.165, 1.54) is 21.3 Å². The molecule has 0 aliphatic heterocycles. The highest BCUT2D eigenvalue weighted by Gasteiger charge is 2.14. The van der Waals surface area contributed by atoms with Gasteiger partial charge in [-0.1, -0.05) is 0 Å². The molecule has 18 heavy (non-hydrogen) atoms. The first-order chi connectivity index (χ1) is 8.53. The SMILES string of the molecule is COc1cc(/C(C)=C/[N+](=O)[O-])cc(OC)c1OC. The van der Waals surface area contributed by atoms with E-state index in [4.69, 9.17) is 14.2 Å². The summed E-state index contributed by atoms with van der Waals surface area (Å²) in [5.41, 5.74) is 1.14. The van der Waals surface area contributed by atoms with E-state index in [9.17, 15) is 10.1 Å². The quantitative estimate of drug-likeness (QED) is 0.595. The Hall–Kier alpha value is -2.24. The van der Waals surface area contributed by atoms with Crippen LogP contribution in [0, 0.1) is 10.1 Å². The minimum atomic E-state index is -0.501. The molecule has 0 heterocycles. The summed E-state index contributed by atoms with van der Waals surface area (Å²) in [4.78, 5) is 9.96. The number of rotatable bonds is 5. The number of nitro groups is 1. The number of benzene rings is 1. The smallest absolute Gasteiger partial charge is 0.237 e. The maximum Gasteiger partial charge on any atom is 0.237 e. The molecule has 0 aliphatic carbocycles. The van der Waals surface area contributed by atoms with Gasteiger partial charge in [-0.2, -0.15) is 0 Å². The average molecular weight is 253 g/mol. The van der Waals surface area contributed by atoms with Gasteiger partial charge in [0, 0.05) is 5.57 Å². The van der Waals surface area contributed by atoms with Crippen molar-refractivity contribution in [2.45, 2.75) is 6.92 Å². The van der Waals surface area contributed by atoms with Gasteiger partial charge >= 0.3 is 0 Å². The molecule has 1 aromatic rings. The molecule has 6 nitrogen and oxygen atoms in total. The van der Waals surface area contributed by atoms with Crippen LogP contribution in [0.4, 0.5) is 0 Å². The molecule has 0 atom stereocenters. The maximum atomic E-state index is 10.5. The van der Waals surface area contributed by atoms with Gasteiger partial charge in [-0.15, -0.1) is 0 Å². The Morgan fingerprint density at radius 2 is 1.67 bits per heavy atom. The second-order valence-corrected chi connectivity index (χ2v) is 3.51. The van der Waals surface area contributed by atoms with E-state index in [2.05, 4.69) is 0 Å². The van der Waals surface area contributed by atoms with Crippen molar-refractivity contribution < 1.29 is 19.1 Å². The molecule has 0 amide bonds. The van der Waals surface area contributed by atoms with Crippen molar-refractivity contribution in [1.82, 2.24) is 0 Å². The van der Waals surface area contributed by atoms with Crippen LogP contribution in [-0.2, 0) is 0 Å². The Labute approximate surface area is 105 Å². The van der Waals surface area contributed by atoms with Crippen LogP contribution in [-0.4, -0.2) is 26.3 Å². The molecule has 0 saturated heterocycles. The number of nitrogens with zero attached hydrogens (tertiary/aromatic N) is 1. The molecule has 0 N–H and O–H groups in total. The van der Waals surface area contributed by atoms with Gasteiger partial charge in [0.1, 0.15) is 0 Å². The zero-order chi connectivity index (χ0) is 13.7. The van der Waals surface area contributed by atoms with E-state index in [0.717, 1.165) is 6.20 Å². The van der Waals surface area contributed by atoms with Gasteiger partial charge < -0.3 is 14.2 Å². The number of methoxy groups -OCH3 is 3. The normalized spacial score (nSPS) is 11.0. The lowest BCUT2D eigenvalue weighted by Crippen LogP contribution is -1.97. The van der Waals surface area contributed by atoms with Crippen molar-refractivity contribution in [2.75, 3.05) is 21.3 Å². The summed E-state index contributed by atoms with van der Waals surface area (Å²) in [5, 5.41) is 10.5. The molecule has 0 bridgehead atoms. The molecule has 1 aromatic carbocycles. The predicted octanol–water partition coefficient (Wildman–Crippen LogP) is 2.35. The molecule has 0 aromatic heterocycles. The van der Waals surface area contributed by atoms with Crippen LogP contribution < -0.4 is 14.2 Å². The van der Waals surface area contributed by atoms with Gasteiger partial charge in [0.25, 0.3) is 0 Å². The Morgan fingerprint density at radius 1 is 1.17 bits per heavy atom. The Kier molecular flexibility index (Phi) is 4.53. The van der Waals surface area contributed by atoms with Gasteiger partial charge in [-0.3, -0.25) is 10.1 Å². The van der Waals surface area contributed by atoms with Crippen LogP contribution >= 0.6 is 0 Å². The van der Waals surface area contributed by atoms with Crippen molar-refractivity contribution >= 4 is 5.57 Å². The fourth-order valence-corrected chi connectivity index (χ4v) is 1.54. The predicted molar refractivity (Wildman–Crippen MR) is 66.7 cm³/mol. The first kappa shape index (κ1) is 13.8. The molecule has 0 unspecified atom stereocenters. The van der Waals surface area contributed by atoms with Gasteiger partial charge in [-0.25, -0.2) is 0 Å². The Bertz CT molecular complexity index is 456. The van der Waals surface area contributed by atoms with Crippen molar-refractivity contribution in [3.05, 3.63) is 34.0 Å². The summed E-state index contributed by atoms with van der Waals surface area (Å²) in [6.07, 6.45) is 0.931. The summed E-state index contributed by atoms with van der Waals surface area (Å²) in [7, 11) is 4.49. The van der Waals surface area contributed by atoms with E-state index in [0.29, 0.717) is 28.4 Å². The molecule has 0 spiro atoms. The highest BCUT2D eigenvalue weighted by molar-refractivity contribution is 5.69. The van der Waals surface area contributed by atoms with Crippen LogP contribution in [0.2, 0.25) is 0 Å². The minimum Gasteiger partial charge on any atom is -0.493 e. The average Bonchev–Trinajstić information content (AvgIpc) is 2.35. The lowest BCUT2D eigenvalue weighted by molar-refractivity contribution is -0.401. The largest absolute Gasteiger partial charge is 0.493 e. The van der Waals surface area contributed by atoms with Gasteiger partial charge in [0.05, 0.1) is 26.3 Å². The van der Waals surface area contributed by atoms with Crippen molar-refractivity contribution in [3.8, 4) is 17.2 Å². The van der Waals surface area contributed by atoms with Crippen LogP contribution in [0.1, 0.15) is 12.5 Å². The minimum absolute atomic E-state index is 0.456. The molecule has 98 valence electrons. The third-order valence-electron chi connectivity index (χ3n) is 2.42. The molecule has 6 heteroatoms. The molecule has 0 fully saturated rings. The lowest BCUT2D eigenvalue weighted by Gasteiger charge is -2.13. The number of allylic oxidation sites excluding steroid dienone is 1. The zero-order valence-electron chi connectivity index (χ0n) is 10.7. The highest BCUT2D eigenvalue weighted by Crippen LogP contribution is 2.39. The first-order valence-electron chi connectivity index (χ1n) is 5.15. The zero-order valence-corrected chi connectivity index (χ0v) is 10.7. The van der Waals surface area contributed by atoms with Crippen LogP contribution in [0.3, 0.4) is 0 Å². The fourth-order valence-electron chi connectivity index (χ4n) is 1.54. The standard InChI is InChI=1S/C12H15NO5/c1-8(7-13(14)15)9-5-10(16-2)12(18-4)11(6-9)17-3/h5-7H,1-4H3/b8-7+. The van der Waals surface area contributed by atoms with Gasteiger partial charge in [0.2, 0.25) is 11.9 Å². The Balaban J connectivity index is 3.36. The van der Waals surface area contributed by atoms with Crippen LogP contribution in [0.5, 0.6) is 17.2 Å². The molecule has 1 rings (SSSR count). The summed E-state index contributed by atoms with van der Waals surface area (Å²) in [6.45, 7) is 1.64. The second kappa shape index (κ2) is 5.90. The van der Waals surface area contributed by atoms with E-state index < -0.39 is 4.92 Å². The third-order valence-corrected chi connectivity index (χ3v) is 2.42.